The van der Waals surface area contributed by atoms with Crippen LogP contribution in [0.3, 0.4) is 0 Å². The lowest BCUT2D eigenvalue weighted by atomic mass is 9.74. The van der Waals surface area contributed by atoms with Gasteiger partial charge in [0.1, 0.15) is 0 Å². The molecule has 0 aromatic heterocycles. The highest BCUT2D eigenvalue weighted by molar-refractivity contribution is 9.10. The zero-order chi connectivity index (χ0) is 11.6. The Morgan fingerprint density at radius 1 is 1.44 bits per heavy atom. The van der Waals surface area contributed by atoms with E-state index in [0.29, 0.717) is 12.6 Å². The molecule has 1 saturated carbocycles. The maximum atomic E-state index is 5.84. The average Bonchev–Trinajstić information content (AvgIpc) is 2.26. The normalized spacial score (nSPS) is 28.6. The van der Waals surface area contributed by atoms with Crippen LogP contribution in [0, 0.1) is 0 Å². The molecule has 0 atom stereocenters. The molecular weight excluding hydrogens is 268 g/mol. The number of nitrogens with one attached hydrogen (secondary N) is 1. The smallest absolute Gasteiger partial charge is 0.0616 e. The Morgan fingerprint density at radius 3 is 2.56 bits per heavy atom. The molecule has 2 rings (SSSR count). The number of halogens is 1. The quantitative estimate of drug-likeness (QED) is 0.892. The lowest BCUT2D eigenvalue weighted by molar-refractivity contribution is -0.00244. The Balaban J connectivity index is 2.00. The maximum Gasteiger partial charge on any atom is 0.0616 e. The lowest BCUT2D eigenvalue weighted by Crippen LogP contribution is -2.58. The summed E-state index contributed by atoms with van der Waals surface area (Å²) in [5.41, 5.74) is 6.97. The first-order chi connectivity index (χ1) is 7.67. The largest absolute Gasteiger partial charge is 0.381 e. The fraction of sp³-hybridized carbons (Fsp3) is 0.500. The minimum absolute atomic E-state index is 0.0223. The summed E-state index contributed by atoms with van der Waals surface area (Å²) < 4.78 is 6.38. The number of benzene rings is 1. The molecule has 0 bridgehead atoms. The predicted molar refractivity (Wildman–Crippen MR) is 69.6 cm³/mol. The molecule has 3 N–H and O–H groups in total. The van der Waals surface area contributed by atoms with Gasteiger partial charge in [0.05, 0.1) is 11.6 Å². The summed E-state index contributed by atoms with van der Waals surface area (Å²) in [5.74, 6) is 0. The number of nitrogens with two attached hydrogens (primary N) is 1. The van der Waals surface area contributed by atoms with Crippen LogP contribution in [0.5, 0.6) is 0 Å². The first-order valence-corrected chi connectivity index (χ1v) is 6.23. The zero-order valence-electron chi connectivity index (χ0n) is 9.37. The number of ether oxygens (including phenoxy) is 1. The van der Waals surface area contributed by atoms with E-state index in [4.69, 9.17) is 10.5 Å². The number of anilines is 1. The fourth-order valence-electron chi connectivity index (χ4n) is 2.14. The topological polar surface area (TPSA) is 47.3 Å². The Kier molecular flexibility index (Phi) is 3.52. The molecule has 1 aliphatic rings. The monoisotopic (exact) mass is 284 g/mol. The van der Waals surface area contributed by atoms with Gasteiger partial charge in [0.25, 0.3) is 0 Å². The summed E-state index contributed by atoms with van der Waals surface area (Å²) in [6, 6.07) is 8.17. The third-order valence-electron chi connectivity index (χ3n) is 3.21. The van der Waals surface area contributed by atoms with Crippen LogP contribution < -0.4 is 11.1 Å². The van der Waals surface area contributed by atoms with E-state index in [1.54, 1.807) is 7.11 Å². The molecule has 3 nitrogen and oxygen atoms in total. The molecule has 88 valence electrons. The Labute approximate surface area is 104 Å². The molecule has 0 heterocycles. The second kappa shape index (κ2) is 4.73. The Bertz CT molecular complexity index is 347. The van der Waals surface area contributed by atoms with E-state index in [-0.39, 0.29) is 5.54 Å². The van der Waals surface area contributed by atoms with Crippen molar-refractivity contribution in [3.05, 3.63) is 28.7 Å². The van der Waals surface area contributed by atoms with Crippen molar-refractivity contribution in [3.63, 3.8) is 0 Å². The van der Waals surface area contributed by atoms with E-state index in [1.807, 2.05) is 12.1 Å². The van der Waals surface area contributed by atoms with Gasteiger partial charge in [-0.05, 0) is 37.1 Å². The third kappa shape index (κ3) is 2.39. The van der Waals surface area contributed by atoms with Crippen LogP contribution in [-0.4, -0.2) is 25.3 Å². The highest BCUT2D eigenvalue weighted by Gasteiger charge is 2.43. The van der Waals surface area contributed by atoms with Crippen LogP contribution in [0.4, 0.5) is 5.69 Å². The summed E-state index contributed by atoms with van der Waals surface area (Å²) in [7, 11) is 1.75. The Hall–Kier alpha value is -0.580. The minimum Gasteiger partial charge on any atom is -0.381 e. The molecule has 0 aliphatic heterocycles. The van der Waals surface area contributed by atoms with Crippen molar-refractivity contribution in [2.75, 3.05) is 19.0 Å². The highest BCUT2D eigenvalue weighted by Crippen LogP contribution is 2.36. The summed E-state index contributed by atoms with van der Waals surface area (Å²) in [4.78, 5) is 0. The Morgan fingerprint density at radius 2 is 2.06 bits per heavy atom. The van der Waals surface area contributed by atoms with Gasteiger partial charge in [-0.15, -0.1) is 0 Å². The molecule has 1 aromatic rings. The summed E-state index contributed by atoms with van der Waals surface area (Å²) in [6.45, 7) is 0.642. The number of hydrogen-bond acceptors (Lipinski definition) is 3. The number of hydrogen-bond donors (Lipinski definition) is 2. The molecule has 1 aromatic carbocycles. The van der Waals surface area contributed by atoms with Gasteiger partial charge in [0, 0.05) is 23.8 Å². The summed E-state index contributed by atoms with van der Waals surface area (Å²) >= 11 is 3.42. The van der Waals surface area contributed by atoms with Crippen molar-refractivity contribution in [3.8, 4) is 0 Å². The average molecular weight is 285 g/mol. The standard InChI is InChI=1S/C12H17BrN2O/c1-16-11-6-12(7-11,8-14)15-10-4-2-9(13)3-5-10/h2-5,11,15H,6-8,14H2,1H3. The highest BCUT2D eigenvalue weighted by atomic mass is 79.9. The predicted octanol–water partition coefficient (Wildman–Crippen LogP) is 2.37. The van der Waals surface area contributed by atoms with E-state index in [0.717, 1.165) is 23.0 Å². The number of methoxy groups -OCH3 is 1. The number of rotatable bonds is 4. The van der Waals surface area contributed by atoms with Gasteiger partial charge in [0.15, 0.2) is 0 Å². The maximum absolute atomic E-state index is 5.84. The second-order valence-electron chi connectivity index (χ2n) is 4.38. The fourth-order valence-corrected chi connectivity index (χ4v) is 2.40. The van der Waals surface area contributed by atoms with Crippen LogP contribution in [-0.2, 0) is 4.74 Å². The molecule has 4 heteroatoms. The molecule has 1 aliphatic carbocycles. The van der Waals surface area contributed by atoms with Crippen molar-refractivity contribution < 1.29 is 4.74 Å². The first-order valence-electron chi connectivity index (χ1n) is 5.44. The van der Waals surface area contributed by atoms with Crippen LogP contribution in [0.1, 0.15) is 12.8 Å². The molecule has 0 saturated heterocycles. The minimum atomic E-state index is 0.0223. The molecule has 0 radical (unpaired) electrons. The summed E-state index contributed by atoms with van der Waals surface area (Å²) in [6.07, 6.45) is 2.32. The third-order valence-corrected chi connectivity index (χ3v) is 3.74. The van der Waals surface area contributed by atoms with E-state index in [2.05, 4.69) is 33.4 Å². The molecule has 0 amide bonds. The molecule has 0 spiro atoms. The van der Waals surface area contributed by atoms with Gasteiger partial charge in [-0.25, -0.2) is 0 Å². The van der Waals surface area contributed by atoms with Crippen molar-refractivity contribution in [1.29, 1.82) is 0 Å². The van der Waals surface area contributed by atoms with Crippen LogP contribution in [0.15, 0.2) is 28.7 Å². The SMILES string of the molecule is COC1CC(CN)(Nc2ccc(Br)cc2)C1. The van der Waals surface area contributed by atoms with Crippen molar-refractivity contribution in [1.82, 2.24) is 0 Å². The van der Waals surface area contributed by atoms with Gasteiger partial charge in [0.2, 0.25) is 0 Å². The van der Waals surface area contributed by atoms with Gasteiger partial charge in [-0.3, -0.25) is 0 Å². The molecular formula is C12H17BrN2O. The van der Waals surface area contributed by atoms with Gasteiger partial charge < -0.3 is 15.8 Å². The van der Waals surface area contributed by atoms with Crippen LogP contribution in [0.2, 0.25) is 0 Å². The van der Waals surface area contributed by atoms with Crippen molar-refractivity contribution >= 4 is 21.6 Å². The van der Waals surface area contributed by atoms with E-state index in [1.165, 1.54) is 0 Å². The van der Waals surface area contributed by atoms with E-state index in [9.17, 15) is 0 Å². The molecule has 1 fully saturated rings. The summed E-state index contributed by atoms with van der Waals surface area (Å²) in [5, 5.41) is 3.51. The van der Waals surface area contributed by atoms with E-state index >= 15 is 0 Å². The van der Waals surface area contributed by atoms with Gasteiger partial charge in [-0.2, -0.15) is 0 Å². The molecule has 0 unspecified atom stereocenters. The van der Waals surface area contributed by atoms with Crippen molar-refractivity contribution in [2.24, 2.45) is 5.73 Å². The lowest BCUT2D eigenvalue weighted by Gasteiger charge is -2.47. The molecule has 16 heavy (non-hydrogen) atoms. The van der Waals surface area contributed by atoms with E-state index < -0.39 is 0 Å². The van der Waals surface area contributed by atoms with Crippen molar-refractivity contribution in [2.45, 2.75) is 24.5 Å². The van der Waals surface area contributed by atoms with Gasteiger partial charge in [-0.1, -0.05) is 15.9 Å². The van der Waals surface area contributed by atoms with Crippen LogP contribution >= 0.6 is 15.9 Å². The first kappa shape index (κ1) is 11.9. The zero-order valence-corrected chi connectivity index (χ0v) is 11.0. The van der Waals surface area contributed by atoms with Gasteiger partial charge >= 0.3 is 0 Å². The van der Waals surface area contributed by atoms with Crippen LogP contribution in [0.25, 0.3) is 0 Å². The second-order valence-corrected chi connectivity index (χ2v) is 5.30.